The lowest BCUT2D eigenvalue weighted by molar-refractivity contribution is 0.102. The van der Waals surface area contributed by atoms with Crippen molar-refractivity contribution < 1.29 is 18.3 Å². The van der Waals surface area contributed by atoms with Crippen molar-refractivity contribution in [2.45, 2.75) is 6.61 Å². The van der Waals surface area contributed by atoms with Crippen LogP contribution in [0, 0.1) is 11.6 Å². The first-order valence-electron chi connectivity index (χ1n) is 9.02. The Kier molecular flexibility index (Phi) is 5.47. The lowest BCUT2D eigenvalue weighted by Gasteiger charge is -2.13. The molecule has 2 heterocycles. The number of hydrogen-bond acceptors (Lipinski definition) is 4. The molecule has 2 aromatic heterocycles. The van der Waals surface area contributed by atoms with Crippen LogP contribution in [0.2, 0.25) is 0 Å². The fourth-order valence-electron chi connectivity index (χ4n) is 2.84. The van der Waals surface area contributed by atoms with Crippen LogP contribution in [0.1, 0.15) is 15.9 Å². The van der Waals surface area contributed by atoms with Crippen LogP contribution in [0.5, 0.6) is 5.75 Å². The van der Waals surface area contributed by atoms with Crippen LogP contribution in [0.3, 0.4) is 0 Å². The normalized spacial score (nSPS) is 10.6. The van der Waals surface area contributed by atoms with Gasteiger partial charge in [0.25, 0.3) is 5.91 Å². The zero-order chi connectivity index (χ0) is 20.9. The third-order valence-electron chi connectivity index (χ3n) is 4.33. The summed E-state index contributed by atoms with van der Waals surface area (Å²) in [6.45, 7) is -0.0340. The van der Waals surface area contributed by atoms with Gasteiger partial charge in [-0.3, -0.25) is 14.9 Å². The maximum absolute atomic E-state index is 13.5. The van der Waals surface area contributed by atoms with Crippen molar-refractivity contribution in [3.05, 3.63) is 95.9 Å². The number of carbonyl (C=O) groups excluding carboxylic acids is 1. The summed E-state index contributed by atoms with van der Waals surface area (Å²) in [4.78, 5) is 16.9. The summed E-state index contributed by atoms with van der Waals surface area (Å²) >= 11 is 0. The predicted octanol–water partition coefficient (Wildman–Crippen LogP) is 4.58. The van der Waals surface area contributed by atoms with Crippen LogP contribution in [-0.2, 0) is 6.61 Å². The van der Waals surface area contributed by atoms with Gasteiger partial charge >= 0.3 is 0 Å². The topological polar surface area (TPSA) is 79.9 Å². The Hall–Kier alpha value is -4.07. The average molecular weight is 406 g/mol. The van der Waals surface area contributed by atoms with Gasteiger partial charge in [0.05, 0.1) is 23.1 Å². The Morgan fingerprint density at radius 3 is 2.67 bits per heavy atom. The highest BCUT2D eigenvalue weighted by atomic mass is 19.2. The summed E-state index contributed by atoms with van der Waals surface area (Å²) < 4.78 is 32.3. The van der Waals surface area contributed by atoms with Crippen LogP contribution < -0.4 is 10.1 Å². The van der Waals surface area contributed by atoms with Crippen LogP contribution in [0.15, 0.2) is 73.2 Å². The highest BCUT2D eigenvalue weighted by molar-refractivity contribution is 6.06. The van der Waals surface area contributed by atoms with Gasteiger partial charge in [0.1, 0.15) is 12.4 Å². The second kappa shape index (κ2) is 8.52. The number of benzene rings is 2. The van der Waals surface area contributed by atoms with Crippen molar-refractivity contribution in [2.75, 3.05) is 5.32 Å². The molecule has 150 valence electrons. The van der Waals surface area contributed by atoms with Crippen molar-refractivity contribution in [1.82, 2.24) is 15.2 Å². The number of hydrogen-bond donors (Lipinski definition) is 2. The van der Waals surface area contributed by atoms with E-state index in [4.69, 9.17) is 4.74 Å². The van der Waals surface area contributed by atoms with Gasteiger partial charge < -0.3 is 10.1 Å². The Labute approximate surface area is 170 Å². The molecule has 0 bridgehead atoms. The van der Waals surface area contributed by atoms with Crippen molar-refractivity contribution in [3.8, 4) is 17.0 Å². The number of aromatic amines is 1. The number of nitrogens with zero attached hydrogens (tertiary/aromatic N) is 2. The van der Waals surface area contributed by atoms with Crippen LogP contribution in [0.25, 0.3) is 11.3 Å². The van der Waals surface area contributed by atoms with Gasteiger partial charge in [-0.2, -0.15) is 5.10 Å². The van der Waals surface area contributed by atoms with E-state index < -0.39 is 17.5 Å². The molecule has 4 rings (SSSR count). The van der Waals surface area contributed by atoms with Gasteiger partial charge in [-0.25, -0.2) is 8.78 Å². The maximum Gasteiger partial charge on any atom is 0.259 e. The number of pyridine rings is 1. The number of halogens is 2. The smallest absolute Gasteiger partial charge is 0.259 e. The van der Waals surface area contributed by atoms with Crippen molar-refractivity contribution in [1.29, 1.82) is 0 Å². The molecule has 1 amide bonds. The number of rotatable bonds is 6. The predicted molar refractivity (Wildman–Crippen MR) is 107 cm³/mol. The molecule has 0 aliphatic heterocycles. The molecule has 0 aliphatic carbocycles. The van der Waals surface area contributed by atoms with E-state index in [0.29, 0.717) is 17.0 Å². The van der Waals surface area contributed by atoms with E-state index in [9.17, 15) is 13.6 Å². The molecule has 2 aromatic carbocycles. The first-order valence-corrected chi connectivity index (χ1v) is 9.02. The number of aromatic nitrogens is 3. The highest BCUT2D eigenvalue weighted by Crippen LogP contribution is 2.27. The first kappa shape index (κ1) is 19.3. The summed E-state index contributed by atoms with van der Waals surface area (Å²) in [7, 11) is 0. The van der Waals surface area contributed by atoms with Crippen LogP contribution >= 0.6 is 0 Å². The van der Waals surface area contributed by atoms with Gasteiger partial charge in [-0.05, 0) is 54.1 Å². The van der Waals surface area contributed by atoms with E-state index in [2.05, 4.69) is 20.5 Å². The number of amides is 1. The molecule has 0 aliphatic rings. The summed E-state index contributed by atoms with van der Waals surface area (Å²) in [5.41, 5.74) is 2.71. The second-order valence-corrected chi connectivity index (χ2v) is 6.41. The van der Waals surface area contributed by atoms with E-state index in [1.54, 1.807) is 48.8 Å². The molecule has 8 heteroatoms. The van der Waals surface area contributed by atoms with E-state index in [-0.39, 0.29) is 12.2 Å². The first-order chi connectivity index (χ1) is 14.6. The van der Waals surface area contributed by atoms with Gasteiger partial charge in [0, 0.05) is 18.0 Å². The van der Waals surface area contributed by atoms with E-state index in [1.807, 2.05) is 0 Å². The van der Waals surface area contributed by atoms with Gasteiger partial charge in [0.2, 0.25) is 0 Å². The third kappa shape index (κ3) is 4.33. The number of H-pyrrole nitrogens is 1. The minimum absolute atomic E-state index is 0.0340. The monoisotopic (exact) mass is 406 g/mol. The zero-order valence-electron chi connectivity index (χ0n) is 15.6. The number of carbonyl (C=O) groups is 1. The summed E-state index contributed by atoms with van der Waals surface area (Å²) in [5.74, 6) is -1.99. The number of nitrogens with one attached hydrogen (secondary N) is 2. The Bertz CT molecular complexity index is 1170. The molecule has 0 radical (unpaired) electrons. The molecule has 4 aromatic rings. The fraction of sp³-hybridized carbons (Fsp3) is 0.0455. The number of ether oxygens (including phenoxy) is 1. The van der Waals surface area contributed by atoms with Crippen LogP contribution in [0.4, 0.5) is 14.5 Å². The molecule has 0 fully saturated rings. The summed E-state index contributed by atoms with van der Waals surface area (Å²) in [6, 6.07) is 13.8. The Morgan fingerprint density at radius 2 is 1.93 bits per heavy atom. The largest absolute Gasteiger partial charge is 0.488 e. The van der Waals surface area contributed by atoms with E-state index >= 15 is 0 Å². The fourth-order valence-corrected chi connectivity index (χ4v) is 2.84. The second-order valence-electron chi connectivity index (χ2n) is 6.41. The van der Waals surface area contributed by atoms with Gasteiger partial charge in [-0.15, -0.1) is 0 Å². The molecule has 0 atom stereocenters. The molecular weight excluding hydrogens is 390 g/mol. The minimum atomic E-state index is -0.958. The third-order valence-corrected chi connectivity index (χ3v) is 4.33. The highest BCUT2D eigenvalue weighted by Gasteiger charge is 2.16. The quantitative estimate of drug-likeness (QED) is 0.491. The molecule has 0 saturated carbocycles. The van der Waals surface area contributed by atoms with Crippen molar-refractivity contribution >= 4 is 11.6 Å². The lowest BCUT2D eigenvalue weighted by atomic mass is 10.1. The van der Waals surface area contributed by atoms with E-state index in [1.165, 1.54) is 12.3 Å². The van der Waals surface area contributed by atoms with E-state index in [0.717, 1.165) is 23.4 Å². The molecular formula is C22H16F2N4O2. The molecule has 2 N–H and O–H groups in total. The zero-order valence-corrected chi connectivity index (χ0v) is 15.6. The Morgan fingerprint density at radius 1 is 1.03 bits per heavy atom. The van der Waals surface area contributed by atoms with Crippen molar-refractivity contribution in [3.63, 3.8) is 0 Å². The molecule has 0 unspecified atom stereocenters. The molecule has 0 saturated heterocycles. The number of anilines is 1. The molecule has 6 nitrogen and oxygen atoms in total. The maximum atomic E-state index is 13.5. The van der Waals surface area contributed by atoms with Gasteiger partial charge in [0.15, 0.2) is 11.6 Å². The average Bonchev–Trinajstić information content (AvgIpc) is 3.30. The van der Waals surface area contributed by atoms with Crippen LogP contribution in [-0.4, -0.2) is 21.1 Å². The SMILES string of the molecule is O=C(Nc1cccnc1)c1cc(-c2ccn[nH]2)ccc1OCc1ccc(F)c(F)c1. The molecule has 30 heavy (non-hydrogen) atoms. The molecule has 0 spiro atoms. The van der Waals surface area contributed by atoms with Gasteiger partial charge in [-0.1, -0.05) is 6.07 Å². The summed E-state index contributed by atoms with van der Waals surface area (Å²) in [6.07, 6.45) is 4.74. The lowest BCUT2D eigenvalue weighted by Crippen LogP contribution is -2.14. The minimum Gasteiger partial charge on any atom is -0.488 e. The summed E-state index contributed by atoms with van der Waals surface area (Å²) in [5, 5.41) is 9.54. The Balaban J connectivity index is 1.62. The van der Waals surface area contributed by atoms with Crippen molar-refractivity contribution in [2.24, 2.45) is 0 Å². The standard InChI is InChI=1S/C22H16F2N4O2/c23-18-5-3-14(10-19(18)24)13-30-21-6-4-15(20-7-9-26-28-20)11-17(21)22(29)27-16-2-1-8-25-12-16/h1-12H,13H2,(H,26,28)(H,27,29).